The third-order valence-electron chi connectivity index (χ3n) is 11.5. The third kappa shape index (κ3) is 6.65. The summed E-state index contributed by atoms with van der Waals surface area (Å²) < 4.78 is 34.2. The molecule has 1 saturated carbocycles. The molecule has 6 heterocycles. The highest BCUT2D eigenvalue weighted by Gasteiger charge is 2.34. The van der Waals surface area contributed by atoms with Crippen molar-refractivity contribution in [1.82, 2.24) is 43.7 Å². The maximum atomic E-state index is 14.0. The van der Waals surface area contributed by atoms with Crippen molar-refractivity contribution >= 4 is 45.8 Å². The minimum atomic E-state index is -2.85. The molecular formula is C37H43F2N11O4. The first-order chi connectivity index (χ1) is 26.0. The van der Waals surface area contributed by atoms with Crippen LogP contribution in [0.2, 0.25) is 0 Å². The predicted octanol–water partition coefficient (Wildman–Crippen LogP) is 4.08. The van der Waals surface area contributed by atoms with E-state index in [0.717, 1.165) is 69.4 Å². The van der Waals surface area contributed by atoms with E-state index in [1.165, 1.54) is 21.3 Å². The zero-order valence-electron chi connectivity index (χ0n) is 30.2. The van der Waals surface area contributed by atoms with E-state index in [9.17, 15) is 28.0 Å². The van der Waals surface area contributed by atoms with Gasteiger partial charge in [-0.25, -0.2) is 23.1 Å². The Kier molecular flexibility index (Phi) is 9.49. The Morgan fingerprint density at radius 1 is 1.04 bits per heavy atom. The fourth-order valence-corrected chi connectivity index (χ4v) is 8.58. The molecule has 2 N–H and O–H groups in total. The normalized spacial score (nSPS) is 21.4. The zero-order chi connectivity index (χ0) is 37.7. The largest absolute Gasteiger partial charge is 0.370 e. The molecule has 54 heavy (non-hydrogen) atoms. The highest BCUT2D eigenvalue weighted by Crippen LogP contribution is 2.36. The molecule has 1 aromatic carbocycles. The molecule has 2 aliphatic heterocycles. The van der Waals surface area contributed by atoms with Gasteiger partial charge >= 0.3 is 5.69 Å². The number of aromatic nitrogens is 7. The summed E-state index contributed by atoms with van der Waals surface area (Å²) in [5.41, 5.74) is 2.23. The van der Waals surface area contributed by atoms with Crippen LogP contribution in [0, 0.1) is 5.92 Å². The summed E-state index contributed by atoms with van der Waals surface area (Å²) in [6, 6.07) is 8.62. The van der Waals surface area contributed by atoms with E-state index in [4.69, 9.17) is 0 Å². The van der Waals surface area contributed by atoms with E-state index in [1.54, 1.807) is 34.8 Å². The van der Waals surface area contributed by atoms with Gasteiger partial charge in [-0.1, -0.05) is 6.07 Å². The number of carbonyl (C=O) groups is 3. The molecule has 1 atom stereocenters. The second kappa shape index (κ2) is 14.4. The van der Waals surface area contributed by atoms with E-state index >= 15 is 0 Å². The van der Waals surface area contributed by atoms with Gasteiger partial charge in [-0.15, -0.1) is 0 Å². The van der Waals surface area contributed by atoms with Crippen LogP contribution >= 0.6 is 0 Å². The first-order valence-electron chi connectivity index (χ1n) is 18.5. The molecule has 4 aromatic heterocycles. The number of alkyl halides is 2. The zero-order valence-corrected chi connectivity index (χ0v) is 30.2. The third-order valence-corrected chi connectivity index (χ3v) is 11.5. The van der Waals surface area contributed by atoms with Crippen LogP contribution in [-0.2, 0) is 16.6 Å². The number of nitrogens with zero attached hydrogens (tertiary/aromatic N) is 9. The summed E-state index contributed by atoms with van der Waals surface area (Å²) >= 11 is 0. The number of imide groups is 1. The lowest BCUT2D eigenvalue weighted by Crippen LogP contribution is -2.45. The number of fused-ring (bicyclic) bond motifs is 2. The Morgan fingerprint density at radius 3 is 2.54 bits per heavy atom. The van der Waals surface area contributed by atoms with Crippen molar-refractivity contribution in [3.8, 4) is 0 Å². The lowest BCUT2D eigenvalue weighted by Gasteiger charge is -2.40. The van der Waals surface area contributed by atoms with Crippen molar-refractivity contribution in [2.75, 3.05) is 36.9 Å². The van der Waals surface area contributed by atoms with E-state index in [1.807, 2.05) is 18.2 Å². The molecule has 1 aliphatic carbocycles. The molecular weight excluding hydrogens is 700 g/mol. The second-order valence-corrected chi connectivity index (χ2v) is 14.8. The van der Waals surface area contributed by atoms with Crippen LogP contribution in [0.5, 0.6) is 0 Å². The fourth-order valence-electron chi connectivity index (χ4n) is 8.58. The van der Waals surface area contributed by atoms with Crippen molar-refractivity contribution < 1.29 is 23.2 Å². The number of para-hydroxylation sites is 1. The summed E-state index contributed by atoms with van der Waals surface area (Å²) in [6.07, 6.45) is 7.77. The number of amides is 3. The van der Waals surface area contributed by atoms with Crippen LogP contribution < -0.4 is 21.2 Å². The highest BCUT2D eigenvalue weighted by atomic mass is 19.3. The Hall–Kier alpha value is -5.45. The molecule has 3 amide bonds. The van der Waals surface area contributed by atoms with Gasteiger partial charge in [-0.3, -0.25) is 33.5 Å². The molecule has 0 radical (unpaired) electrons. The fraction of sp³-hybridized carbons (Fsp3) is 0.486. The van der Waals surface area contributed by atoms with Crippen molar-refractivity contribution in [2.45, 2.75) is 75.9 Å². The number of piperidine rings is 2. The molecule has 8 rings (SSSR count). The number of hydrogen-bond donors (Lipinski definition) is 2. The Morgan fingerprint density at radius 2 is 1.81 bits per heavy atom. The van der Waals surface area contributed by atoms with Crippen molar-refractivity contribution in [2.24, 2.45) is 13.0 Å². The van der Waals surface area contributed by atoms with Gasteiger partial charge in [0.05, 0.1) is 28.5 Å². The molecule has 1 unspecified atom stereocenters. The maximum absolute atomic E-state index is 14.0. The lowest BCUT2D eigenvalue weighted by atomic mass is 9.85. The van der Waals surface area contributed by atoms with Crippen molar-refractivity contribution in [1.29, 1.82) is 0 Å². The topological polar surface area (TPSA) is 157 Å². The number of imidazole rings is 1. The first kappa shape index (κ1) is 35.6. The van der Waals surface area contributed by atoms with E-state index < -0.39 is 30.0 Å². The summed E-state index contributed by atoms with van der Waals surface area (Å²) in [5, 5.41) is 13.4. The average Bonchev–Trinajstić information content (AvgIpc) is 3.87. The predicted molar refractivity (Wildman–Crippen MR) is 196 cm³/mol. The summed E-state index contributed by atoms with van der Waals surface area (Å²) in [5.74, 6) is -0.902. The summed E-state index contributed by atoms with van der Waals surface area (Å²) in [4.78, 5) is 59.7. The van der Waals surface area contributed by atoms with Gasteiger partial charge in [0.25, 0.3) is 12.3 Å². The molecule has 5 aromatic rings. The van der Waals surface area contributed by atoms with Gasteiger partial charge in [-0.2, -0.15) is 10.2 Å². The number of benzene rings is 1. The number of carbonyl (C=O) groups excluding carboxylic acids is 3. The molecule has 3 aliphatic rings. The smallest absolute Gasteiger partial charge is 0.329 e. The quantitative estimate of drug-likeness (QED) is 0.213. The number of rotatable bonds is 9. The summed E-state index contributed by atoms with van der Waals surface area (Å²) in [7, 11) is 3.91. The van der Waals surface area contributed by atoms with Gasteiger partial charge in [0, 0.05) is 63.8 Å². The van der Waals surface area contributed by atoms with Crippen molar-refractivity contribution in [3.63, 3.8) is 0 Å². The van der Waals surface area contributed by atoms with Crippen molar-refractivity contribution in [3.05, 3.63) is 70.8 Å². The van der Waals surface area contributed by atoms with Gasteiger partial charge in [0.15, 0.2) is 17.0 Å². The van der Waals surface area contributed by atoms with Crippen LogP contribution in [0.1, 0.15) is 86.1 Å². The molecule has 0 spiro atoms. The Balaban J connectivity index is 0.864. The van der Waals surface area contributed by atoms with Crippen LogP contribution in [0.15, 0.2) is 53.7 Å². The molecule has 0 bridgehead atoms. The van der Waals surface area contributed by atoms with E-state index in [0.29, 0.717) is 29.5 Å². The van der Waals surface area contributed by atoms with Crippen LogP contribution in [0.3, 0.4) is 0 Å². The second-order valence-electron chi connectivity index (χ2n) is 14.8. The minimum Gasteiger partial charge on any atom is -0.370 e. The average molecular weight is 744 g/mol. The number of anilines is 2. The van der Waals surface area contributed by atoms with Gasteiger partial charge in [0.1, 0.15) is 6.04 Å². The maximum Gasteiger partial charge on any atom is 0.329 e. The van der Waals surface area contributed by atoms with Crippen LogP contribution in [0.4, 0.5) is 20.2 Å². The lowest BCUT2D eigenvalue weighted by molar-refractivity contribution is -0.135. The van der Waals surface area contributed by atoms with E-state index in [-0.39, 0.29) is 35.4 Å². The molecule has 15 nitrogen and oxygen atoms in total. The standard InChI is InChI=1S/C37H43F2N11O4/c1-45(23-13-17-47(18-14-23)27-5-3-6-28-33(27)46(2)37(54)50(28)29-11-12-31(51)42-36(29)53)20-22-7-9-24(10-8-22)49-21-26(32(44-49)34(38)39)41-35(52)25-19-30-40-15-4-16-48(30)43-25/h3-6,15-16,19,21-24,29,34H,7-14,17-18,20H2,1-2H3,(H,41,52)(H,42,51,53). The number of hydrogen-bond acceptors (Lipinski definition) is 9. The monoisotopic (exact) mass is 743 g/mol. The highest BCUT2D eigenvalue weighted by molar-refractivity contribution is 6.04. The molecule has 2 saturated heterocycles. The van der Waals surface area contributed by atoms with Crippen LogP contribution in [-0.4, -0.2) is 88.9 Å². The van der Waals surface area contributed by atoms with Crippen LogP contribution in [0.25, 0.3) is 16.7 Å². The number of halogens is 2. The van der Waals surface area contributed by atoms with Gasteiger partial charge in [0.2, 0.25) is 11.8 Å². The Bertz CT molecular complexity index is 2240. The Labute approximate surface area is 308 Å². The van der Waals surface area contributed by atoms with Gasteiger partial charge in [-0.05, 0) is 76.1 Å². The van der Waals surface area contributed by atoms with E-state index in [2.05, 4.69) is 42.7 Å². The van der Waals surface area contributed by atoms with Gasteiger partial charge < -0.3 is 15.1 Å². The SMILES string of the molecule is CN(CC1CCC(n2cc(NC(=O)c3cc4ncccn4n3)c(C(F)F)n2)CC1)C1CCN(c2cccc3c2n(C)c(=O)n3C2CCC(=O)NC2=O)CC1. The molecule has 17 heteroatoms. The number of aryl methyl sites for hydroxylation is 1. The first-order valence-corrected chi connectivity index (χ1v) is 18.5. The number of nitrogens with one attached hydrogen (secondary N) is 2. The molecule has 284 valence electrons. The molecule has 3 fully saturated rings. The summed E-state index contributed by atoms with van der Waals surface area (Å²) in [6.45, 7) is 2.57. The minimum absolute atomic E-state index is 0.0152.